The molecule has 1 atom stereocenters. The number of aliphatic imine (C=N–C) groups is 1. The fourth-order valence-electron chi connectivity index (χ4n) is 1.13. The van der Waals surface area contributed by atoms with Gasteiger partial charge in [0, 0.05) is 6.54 Å². The normalized spacial score (nSPS) is 11.3. The van der Waals surface area contributed by atoms with Gasteiger partial charge in [0.25, 0.3) is 0 Å². The zero-order valence-electron chi connectivity index (χ0n) is 9.48. The summed E-state index contributed by atoms with van der Waals surface area (Å²) in [6.07, 6.45) is 2.11. The monoisotopic (exact) mass is 252 g/mol. The number of hydrogen-bond acceptors (Lipinski definition) is 3. The number of halogens is 1. The molecule has 0 heterocycles. The van der Waals surface area contributed by atoms with Gasteiger partial charge in [-0.2, -0.15) is 0 Å². The third kappa shape index (κ3) is 9.54. The molecule has 0 aromatic heterocycles. The van der Waals surface area contributed by atoms with Gasteiger partial charge in [-0.3, -0.25) is 9.79 Å². The average Bonchev–Trinajstić information content (AvgIpc) is 2.15. The van der Waals surface area contributed by atoms with Crippen molar-refractivity contribution in [2.75, 3.05) is 13.1 Å². The first-order valence-electron chi connectivity index (χ1n) is 5.09. The minimum Gasteiger partial charge on any atom is -0.480 e. The minimum atomic E-state index is -0.826. The summed E-state index contributed by atoms with van der Waals surface area (Å²) < 4.78 is 0. The Balaban J connectivity index is 0. The summed E-state index contributed by atoms with van der Waals surface area (Å²) in [5.41, 5.74) is 10.3. The fourth-order valence-corrected chi connectivity index (χ4v) is 1.13. The maximum atomic E-state index is 10.8. The molecule has 0 saturated heterocycles. The second-order valence-electron chi connectivity index (χ2n) is 3.29. The summed E-state index contributed by atoms with van der Waals surface area (Å²) in [5, 5.41) is 11.8. The summed E-state index contributed by atoms with van der Waals surface area (Å²) in [6.45, 7) is 3.17. The van der Waals surface area contributed by atoms with Crippen molar-refractivity contribution in [3.8, 4) is 0 Å². The zero-order valence-corrected chi connectivity index (χ0v) is 10.3. The number of rotatable bonds is 8. The number of nitrogens with one attached hydrogen (secondary N) is 1. The highest BCUT2D eigenvalue weighted by atomic mass is 35.5. The van der Waals surface area contributed by atoms with Gasteiger partial charge in [0.05, 0.1) is 0 Å². The van der Waals surface area contributed by atoms with Gasteiger partial charge in [-0.05, 0) is 25.8 Å². The van der Waals surface area contributed by atoms with E-state index in [-0.39, 0.29) is 18.4 Å². The van der Waals surface area contributed by atoms with Crippen LogP contribution < -0.4 is 16.8 Å². The fraction of sp³-hybridized carbons (Fsp3) is 0.778. The average molecular weight is 253 g/mol. The van der Waals surface area contributed by atoms with Crippen LogP contribution in [0.25, 0.3) is 0 Å². The first-order chi connectivity index (χ1) is 7.07. The molecule has 16 heavy (non-hydrogen) atoms. The van der Waals surface area contributed by atoms with E-state index in [9.17, 15) is 4.79 Å². The van der Waals surface area contributed by atoms with Crippen molar-refractivity contribution >= 4 is 24.3 Å². The lowest BCUT2D eigenvalue weighted by atomic mass is 10.1. The topological polar surface area (TPSA) is 114 Å². The number of nitrogens with two attached hydrogens (primary N) is 2. The molecule has 0 aromatic rings. The maximum absolute atomic E-state index is 10.8. The molecule has 0 aliphatic heterocycles. The molecule has 96 valence electrons. The Morgan fingerprint density at radius 3 is 2.56 bits per heavy atom. The zero-order chi connectivity index (χ0) is 11.7. The van der Waals surface area contributed by atoms with Crippen molar-refractivity contribution in [1.29, 1.82) is 0 Å². The highest BCUT2D eigenvalue weighted by molar-refractivity contribution is 5.85. The standard InChI is InChI=1S/C9H20N4O2.ClH/c1-2-5-12-7(8(14)15)4-3-6-13-9(10)11;/h7,12H,2-6H2,1H3,(H,14,15)(H4,10,11,13);1H/t7-;/m0./s1. The van der Waals surface area contributed by atoms with E-state index in [0.29, 0.717) is 25.9 Å². The summed E-state index contributed by atoms with van der Waals surface area (Å²) >= 11 is 0. The number of aliphatic carboxylic acids is 1. The molecule has 0 aliphatic carbocycles. The second-order valence-corrected chi connectivity index (χ2v) is 3.29. The molecular weight excluding hydrogens is 232 g/mol. The summed E-state index contributed by atoms with van der Waals surface area (Å²) in [5.74, 6) is -0.781. The molecule has 0 saturated carbocycles. The Labute approximate surface area is 102 Å². The van der Waals surface area contributed by atoms with Gasteiger partial charge in [-0.1, -0.05) is 6.92 Å². The number of nitrogens with zero attached hydrogens (tertiary/aromatic N) is 1. The predicted octanol–water partition coefficient (Wildman–Crippen LogP) is -0.0854. The second kappa shape index (κ2) is 10.5. The van der Waals surface area contributed by atoms with Gasteiger partial charge >= 0.3 is 5.97 Å². The van der Waals surface area contributed by atoms with Gasteiger partial charge in [0.2, 0.25) is 0 Å². The third-order valence-corrected chi connectivity index (χ3v) is 1.88. The van der Waals surface area contributed by atoms with E-state index in [0.717, 1.165) is 6.42 Å². The summed E-state index contributed by atoms with van der Waals surface area (Å²) in [7, 11) is 0. The molecular formula is C9H21ClN4O2. The van der Waals surface area contributed by atoms with Gasteiger partial charge < -0.3 is 21.9 Å². The molecule has 0 spiro atoms. The molecule has 0 bridgehead atoms. The van der Waals surface area contributed by atoms with Crippen LogP contribution in [0.4, 0.5) is 0 Å². The van der Waals surface area contributed by atoms with Crippen molar-refractivity contribution in [1.82, 2.24) is 5.32 Å². The Morgan fingerprint density at radius 2 is 2.12 bits per heavy atom. The number of hydrogen-bond donors (Lipinski definition) is 4. The van der Waals surface area contributed by atoms with Crippen molar-refractivity contribution in [2.24, 2.45) is 16.5 Å². The molecule has 0 amide bonds. The van der Waals surface area contributed by atoms with Gasteiger partial charge in [-0.25, -0.2) is 0 Å². The predicted molar refractivity (Wildman–Crippen MR) is 66.9 cm³/mol. The first-order valence-corrected chi connectivity index (χ1v) is 5.09. The number of carbonyl (C=O) groups is 1. The van der Waals surface area contributed by atoms with Gasteiger partial charge in [0.15, 0.2) is 5.96 Å². The first kappa shape index (κ1) is 17.4. The lowest BCUT2D eigenvalue weighted by molar-refractivity contribution is -0.139. The number of guanidine groups is 1. The van der Waals surface area contributed by atoms with Crippen LogP contribution in [0.15, 0.2) is 4.99 Å². The van der Waals surface area contributed by atoms with E-state index in [2.05, 4.69) is 10.3 Å². The highest BCUT2D eigenvalue weighted by Crippen LogP contribution is 1.98. The van der Waals surface area contributed by atoms with Gasteiger partial charge in [-0.15, -0.1) is 12.4 Å². The van der Waals surface area contributed by atoms with Crippen LogP contribution in [0.1, 0.15) is 26.2 Å². The Hall–Kier alpha value is -1.01. The van der Waals surface area contributed by atoms with E-state index in [4.69, 9.17) is 16.6 Å². The van der Waals surface area contributed by atoms with Crippen molar-refractivity contribution in [3.05, 3.63) is 0 Å². The molecule has 0 fully saturated rings. The largest absolute Gasteiger partial charge is 0.480 e. The van der Waals surface area contributed by atoms with Crippen LogP contribution in [0.5, 0.6) is 0 Å². The Morgan fingerprint density at radius 1 is 1.50 bits per heavy atom. The van der Waals surface area contributed by atoms with Crippen molar-refractivity contribution in [2.45, 2.75) is 32.2 Å². The lowest BCUT2D eigenvalue weighted by Gasteiger charge is -2.12. The van der Waals surface area contributed by atoms with Crippen LogP contribution in [0.3, 0.4) is 0 Å². The van der Waals surface area contributed by atoms with E-state index in [1.54, 1.807) is 0 Å². The number of carboxylic acid groups (broad SMARTS) is 1. The van der Waals surface area contributed by atoms with Crippen LogP contribution >= 0.6 is 12.4 Å². The molecule has 0 aromatic carbocycles. The molecule has 7 heteroatoms. The van der Waals surface area contributed by atoms with E-state index in [1.807, 2.05) is 6.92 Å². The molecule has 0 radical (unpaired) electrons. The maximum Gasteiger partial charge on any atom is 0.320 e. The van der Waals surface area contributed by atoms with Crippen LogP contribution in [-0.4, -0.2) is 36.2 Å². The highest BCUT2D eigenvalue weighted by Gasteiger charge is 2.14. The Kier molecular flexibility index (Phi) is 11.4. The summed E-state index contributed by atoms with van der Waals surface area (Å²) in [6, 6.07) is -0.501. The molecule has 0 unspecified atom stereocenters. The van der Waals surface area contributed by atoms with Gasteiger partial charge in [0.1, 0.15) is 6.04 Å². The van der Waals surface area contributed by atoms with E-state index in [1.165, 1.54) is 0 Å². The van der Waals surface area contributed by atoms with Crippen molar-refractivity contribution in [3.63, 3.8) is 0 Å². The molecule has 6 nitrogen and oxygen atoms in total. The van der Waals surface area contributed by atoms with Crippen molar-refractivity contribution < 1.29 is 9.90 Å². The SMILES string of the molecule is CCCN[C@@H](CCCN=C(N)N)C(=O)O.Cl. The quantitative estimate of drug-likeness (QED) is 0.274. The molecule has 0 rings (SSSR count). The lowest BCUT2D eigenvalue weighted by Crippen LogP contribution is -2.37. The molecule has 0 aliphatic rings. The Bertz CT molecular complexity index is 220. The van der Waals surface area contributed by atoms with Crippen LogP contribution in [0.2, 0.25) is 0 Å². The third-order valence-electron chi connectivity index (χ3n) is 1.88. The molecule has 6 N–H and O–H groups in total. The minimum absolute atomic E-state index is 0. The van der Waals surface area contributed by atoms with E-state index < -0.39 is 12.0 Å². The van der Waals surface area contributed by atoms with E-state index >= 15 is 0 Å². The number of carboxylic acids is 1. The summed E-state index contributed by atoms with van der Waals surface area (Å²) in [4.78, 5) is 14.6. The van der Waals surface area contributed by atoms with Crippen LogP contribution in [-0.2, 0) is 4.79 Å². The van der Waals surface area contributed by atoms with Crippen LogP contribution in [0, 0.1) is 0 Å². The smallest absolute Gasteiger partial charge is 0.320 e.